The Kier molecular flexibility index (Phi) is 3.89. The molecule has 102 valence electrons. The minimum absolute atomic E-state index is 0.143. The normalized spacial score (nSPS) is 13.7. The van der Waals surface area contributed by atoms with Crippen LogP contribution in [0.2, 0.25) is 0 Å². The number of methoxy groups -OCH3 is 1. The number of hydrogen-bond donors (Lipinski definition) is 2. The molecule has 0 atom stereocenters. The molecule has 0 spiro atoms. The average Bonchev–Trinajstić information content (AvgIpc) is 3.19. The number of nitrogens with one attached hydrogen (secondary N) is 1. The Bertz CT molecular complexity index is 497. The molecule has 1 aliphatic carbocycles. The summed E-state index contributed by atoms with van der Waals surface area (Å²) < 4.78 is 9.98. The van der Waals surface area contributed by atoms with E-state index >= 15 is 0 Å². The highest BCUT2D eigenvalue weighted by Crippen LogP contribution is 2.25. The molecule has 1 aromatic carbocycles. The zero-order chi connectivity index (χ0) is 13.8. The van der Waals surface area contributed by atoms with Gasteiger partial charge in [-0.15, -0.1) is 0 Å². The van der Waals surface area contributed by atoms with Crippen LogP contribution in [0, 0.1) is 0 Å². The topological polar surface area (TPSA) is 90.7 Å². The number of carbonyl (C=O) groups excluding carboxylic acids is 2. The number of rotatable bonds is 5. The fourth-order valence-corrected chi connectivity index (χ4v) is 1.63. The minimum atomic E-state index is -0.587. The van der Waals surface area contributed by atoms with Gasteiger partial charge in [0.1, 0.15) is 11.3 Å². The molecule has 0 aromatic heterocycles. The number of anilines is 1. The van der Waals surface area contributed by atoms with E-state index in [1.165, 1.54) is 7.11 Å². The van der Waals surface area contributed by atoms with Gasteiger partial charge < -0.3 is 20.5 Å². The van der Waals surface area contributed by atoms with Crippen LogP contribution < -0.4 is 15.8 Å². The van der Waals surface area contributed by atoms with Crippen molar-refractivity contribution in [2.75, 3.05) is 19.5 Å². The highest BCUT2D eigenvalue weighted by atomic mass is 16.5. The Labute approximate surface area is 110 Å². The number of benzene rings is 1. The monoisotopic (exact) mass is 264 g/mol. The van der Waals surface area contributed by atoms with E-state index in [9.17, 15) is 9.59 Å². The van der Waals surface area contributed by atoms with Crippen molar-refractivity contribution in [2.45, 2.75) is 18.9 Å². The Balaban J connectivity index is 2.04. The molecule has 1 fully saturated rings. The van der Waals surface area contributed by atoms with Gasteiger partial charge >= 0.3 is 5.97 Å². The van der Waals surface area contributed by atoms with Crippen molar-refractivity contribution in [1.82, 2.24) is 5.32 Å². The summed E-state index contributed by atoms with van der Waals surface area (Å²) in [5.41, 5.74) is 6.11. The molecule has 0 unspecified atom stereocenters. The number of hydrogen-bond acceptors (Lipinski definition) is 5. The predicted octanol–water partition coefficient (Wildman–Crippen LogP) is 0.713. The fraction of sp³-hybridized carbons (Fsp3) is 0.385. The van der Waals surface area contributed by atoms with Gasteiger partial charge in [-0.25, -0.2) is 4.79 Å². The van der Waals surface area contributed by atoms with Gasteiger partial charge in [0.05, 0.1) is 7.11 Å². The molecule has 1 saturated carbocycles. The Morgan fingerprint density at radius 2 is 2.16 bits per heavy atom. The number of amides is 1. The van der Waals surface area contributed by atoms with Crippen LogP contribution in [0.1, 0.15) is 23.2 Å². The molecule has 0 bridgehead atoms. The van der Waals surface area contributed by atoms with Crippen LogP contribution in [0.25, 0.3) is 0 Å². The largest absolute Gasteiger partial charge is 0.483 e. The maximum absolute atomic E-state index is 11.6. The second-order valence-electron chi connectivity index (χ2n) is 4.34. The second-order valence-corrected chi connectivity index (χ2v) is 4.34. The molecule has 1 amide bonds. The third kappa shape index (κ3) is 3.37. The summed E-state index contributed by atoms with van der Waals surface area (Å²) in [4.78, 5) is 23.1. The van der Waals surface area contributed by atoms with E-state index in [0.717, 1.165) is 12.8 Å². The summed E-state index contributed by atoms with van der Waals surface area (Å²) in [5, 5.41) is 2.79. The third-order valence-electron chi connectivity index (χ3n) is 2.75. The Hall–Kier alpha value is -2.24. The van der Waals surface area contributed by atoms with Crippen LogP contribution in [0.15, 0.2) is 18.2 Å². The van der Waals surface area contributed by atoms with E-state index in [2.05, 4.69) is 10.1 Å². The molecule has 6 nitrogen and oxygen atoms in total. The van der Waals surface area contributed by atoms with Gasteiger partial charge in [0.15, 0.2) is 6.61 Å². The summed E-state index contributed by atoms with van der Waals surface area (Å²) in [5.74, 6) is -0.547. The summed E-state index contributed by atoms with van der Waals surface area (Å²) in [7, 11) is 1.26. The molecule has 3 N–H and O–H groups in total. The van der Waals surface area contributed by atoms with Crippen LogP contribution >= 0.6 is 0 Å². The Morgan fingerprint density at radius 3 is 2.79 bits per heavy atom. The lowest BCUT2D eigenvalue weighted by Gasteiger charge is -2.11. The maximum Gasteiger partial charge on any atom is 0.343 e. The van der Waals surface area contributed by atoms with Crippen LogP contribution in [0.5, 0.6) is 5.75 Å². The van der Waals surface area contributed by atoms with Gasteiger partial charge in [-0.05, 0) is 25.0 Å². The van der Waals surface area contributed by atoms with E-state index in [-0.39, 0.29) is 35.6 Å². The molecule has 0 saturated heterocycles. The van der Waals surface area contributed by atoms with Crippen LogP contribution in [-0.2, 0) is 9.53 Å². The lowest BCUT2D eigenvalue weighted by atomic mass is 10.1. The molecular formula is C13H16N2O4. The van der Waals surface area contributed by atoms with Gasteiger partial charge in [-0.3, -0.25) is 4.79 Å². The standard InChI is InChI=1S/C13H16N2O4/c1-18-13(17)12-9(14)3-2-4-10(12)19-7-11(16)15-8-5-6-8/h2-4,8H,5-7,14H2,1H3,(H,15,16). The molecule has 0 heterocycles. The van der Waals surface area contributed by atoms with Gasteiger partial charge in [-0.2, -0.15) is 0 Å². The quantitative estimate of drug-likeness (QED) is 0.604. The molecule has 2 rings (SSSR count). The number of nitrogen functional groups attached to an aromatic ring is 1. The molecule has 1 aromatic rings. The zero-order valence-electron chi connectivity index (χ0n) is 10.6. The van der Waals surface area contributed by atoms with Crippen molar-refractivity contribution in [3.05, 3.63) is 23.8 Å². The van der Waals surface area contributed by atoms with Gasteiger partial charge in [0, 0.05) is 11.7 Å². The first-order chi connectivity index (χ1) is 9.11. The summed E-state index contributed by atoms with van der Waals surface area (Å²) >= 11 is 0. The van der Waals surface area contributed by atoms with E-state index in [1.54, 1.807) is 18.2 Å². The van der Waals surface area contributed by atoms with Crippen molar-refractivity contribution >= 4 is 17.6 Å². The zero-order valence-corrected chi connectivity index (χ0v) is 10.6. The van der Waals surface area contributed by atoms with Gasteiger partial charge in [0.25, 0.3) is 5.91 Å². The molecule has 1 aliphatic rings. The SMILES string of the molecule is COC(=O)c1c(N)cccc1OCC(=O)NC1CC1. The van der Waals surface area contributed by atoms with Crippen LogP contribution in [0.4, 0.5) is 5.69 Å². The average molecular weight is 264 g/mol. The molecule has 19 heavy (non-hydrogen) atoms. The number of ether oxygens (including phenoxy) is 2. The molecule has 0 aliphatic heterocycles. The van der Waals surface area contributed by atoms with Crippen molar-refractivity contribution in [1.29, 1.82) is 0 Å². The second kappa shape index (κ2) is 5.60. The predicted molar refractivity (Wildman–Crippen MR) is 68.9 cm³/mol. The van der Waals surface area contributed by atoms with Crippen molar-refractivity contribution < 1.29 is 19.1 Å². The van der Waals surface area contributed by atoms with E-state index in [4.69, 9.17) is 10.5 Å². The first-order valence-corrected chi connectivity index (χ1v) is 6.00. The van der Waals surface area contributed by atoms with Crippen LogP contribution in [-0.4, -0.2) is 31.6 Å². The summed E-state index contributed by atoms with van der Waals surface area (Å²) in [6.45, 7) is -0.149. The van der Waals surface area contributed by atoms with E-state index in [0.29, 0.717) is 0 Å². The minimum Gasteiger partial charge on any atom is -0.483 e. The van der Waals surface area contributed by atoms with Gasteiger partial charge in [-0.1, -0.05) is 6.07 Å². The fourth-order valence-electron chi connectivity index (χ4n) is 1.63. The highest BCUT2D eigenvalue weighted by molar-refractivity contribution is 5.98. The molecule has 0 radical (unpaired) electrons. The van der Waals surface area contributed by atoms with Crippen molar-refractivity contribution in [3.8, 4) is 5.75 Å². The maximum atomic E-state index is 11.6. The number of nitrogens with two attached hydrogens (primary N) is 1. The van der Waals surface area contributed by atoms with E-state index in [1.807, 2.05) is 0 Å². The van der Waals surface area contributed by atoms with Gasteiger partial charge in [0.2, 0.25) is 0 Å². The first kappa shape index (κ1) is 13.2. The summed E-state index contributed by atoms with van der Waals surface area (Å²) in [6, 6.07) is 5.07. The van der Waals surface area contributed by atoms with E-state index < -0.39 is 5.97 Å². The molecule has 6 heteroatoms. The first-order valence-electron chi connectivity index (χ1n) is 6.00. The highest BCUT2D eigenvalue weighted by Gasteiger charge is 2.24. The van der Waals surface area contributed by atoms with Crippen molar-refractivity contribution in [3.63, 3.8) is 0 Å². The van der Waals surface area contributed by atoms with Crippen LogP contribution in [0.3, 0.4) is 0 Å². The Morgan fingerprint density at radius 1 is 1.42 bits per heavy atom. The lowest BCUT2D eigenvalue weighted by Crippen LogP contribution is -2.30. The summed E-state index contributed by atoms with van der Waals surface area (Å²) in [6.07, 6.45) is 2.02. The lowest BCUT2D eigenvalue weighted by molar-refractivity contribution is -0.123. The number of carbonyl (C=O) groups is 2. The third-order valence-corrected chi connectivity index (χ3v) is 2.75. The molecular weight excluding hydrogens is 248 g/mol. The number of esters is 1. The van der Waals surface area contributed by atoms with Crippen molar-refractivity contribution in [2.24, 2.45) is 0 Å². The smallest absolute Gasteiger partial charge is 0.343 e.